The van der Waals surface area contributed by atoms with Crippen molar-refractivity contribution in [3.8, 4) is 6.07 Å². The van der Waals surface area contributed by atoms with Crippen molar-refractivity contribution < 1.29 is 0 Å². The monoisotopic (exact) mass is 198 g/mol. The summed E-state index contributed by atoms with van der Waals surface area (Å²) in [5.74, 6) is 0. The second kappa shape index (κ2) is 5.04. The maximum absolute atomic E-state index is 8.24. The summed E-state index contributed by atoms with van der Waals surface area (Å²) in [6.45, 7) is 0.341. The highest BCUT2D eigenvalue weighted by Gasteiger charge is 1.91. The van der Waals surface area contributed by atoms with Crippen molar-refractivity contribution in [1.82, 2.24) is 4.72 Å². The fourth-order valence-corrected chi connectivity index (χ4v) is 1.36. The normalized spacial score (nSPS) is 9.33. The van der Waals surface area contributed by atoms with Crippen molar-refractivity contribution in [3.05, 3.63) is 29.3 Å². The molecule has 0 radical (unpaired) electrons. The van der Waals surface area contributed by atoms with Crippen molar-refractivity contribution >= 4 is 23.5 Å². The molecule has 0 bridgehead atoms. The van der Waals surface area contributed by atoms with Gasteiger partial charge in [0.25, 0.3) is 0 Å². The van der Waals surface area contributed by atoms with Crippen LogP contribution >= 0.6 is 23.5 Å². The molecule has 0 unspecified atom stereocenters. The molecular weight excluding hydrogens is 192 g/mol. The highest BCUT2D eigenvalue weighted by atomic mass is 35.5. The number of rotatable bonds is 3. The smallest absolute Gasteiger partial charge is 0.0935 e. The van der Waals surface area contributed by atoms with E-state index in [4.69, 9.17) is 16.9 Å². The number of benzene rings is 1. The van der Waals surface area contributed by atoms with Crippen LogP contribution in [0.2, 0.25) is 5.02 Å². The predicted molar refractivity (Wildman–Crippen MR) is 50.9 cm³/mol. The van der Waals surface area contributed by atoms with Gasteiger partial charge >= 0.3 is 0 Å². The molecular formula is C8H7ClN2S. The van der Waals surface area contributed by atoms with Gasteiger partial charge in [0, 0.05) is 9.92 Å². The average molecular weight is 199 g/mol. The van der Waals surface area contributed by atoms with Crippen LogP contribution in [0.15, 0.2) is 29.2 Å². The third-order valence-electron chi connectivity index (χ3n) is 1.15. The molecule has 0 aliphatic rings. The van der Waals surface area contributed by atoms with Gasteiger partial charge in [-0.25, -0.2) is 4.72 Å². The van der Waals surface area contributed by atoms with Crippen LogP contribution in [0, 0.1) is 11.3 Å². The SMILES string of the molecule is N#CCNSc1ccc(Cl)cc1. The molecule has 0 saturated carbocycles. The molecule has 0 heterocycles. The first-order valence-electron chi connectivity index (χ1n) is 3.35. The summed E-state index contributed by atoms with van der Waals surface area (Å²) in [6.07, 6.45) is 0. The van der Waals surface area contributed by atoms with E-state index in [1.807, 2.05) is 30.3 Å². The number of hydrogen-bond donors (Lipinski definition) is 1. The van der Waals surface area contributed by atoms with Crippen molar-refractivity contribution in [2.45, 2.75) is 4.90 Å². The Kier molecular flexibility index (Phi) is 3.95. The van der Waals surface area contributed by atoms with Gasteiger partial charge in [0.2, 0.25) is 0 Å². The summed E-state index contributed by atoms with van der Waals surface area (Å²) >= 11 is 7.11. The van der Waals surface area contributed by atoms with E-state index in [1.165, 1.54) is 11.9 Å². The maximum Gasteiger partial charge on any atom is 0.0935 e. The van der Waals surface area contributed by atoms with Crippen LogP contribution in [0.1, 0.15) is 0 Å². The molecule has 0 fully saturated rings. The highest BCUT2D eigenvalue weighted by Crippen LogP contribution is 2.16. The van der Waals surface area contributed by atoms with E-state index in [1.54, 1.807) is 0 Å². The van der Waals surface area contributed by atoms with E-state index in [-0.39, 0.29) is 0 Å². The summed E-state index contributed by atoms with van der Waals surface area (Å²) in [6, 6.07) is 9.43. The van der Waals surface area contributed by atoms with Crippen LogP contribution in [0.25, 0.3) is 0 Å². The van der Waals surface area contributed by atoms with Crippen LogP contribution in [0.5, 0.6) is 0 Å². The first kappa shape index (κ1) is 9.40. The van der Waals surface area contributed by atoms with E-state index in [0.29, 0.717) is 6.54 Å². The molecule has 0 spiro atoms. The third kappa shape index (κ3) is 3.14. The van der Waals surface area contributed by atoms with Crippen LogP contribution < -0.4 is 4.72 Å². The Morgan fingerprint density at radius 2 is 2.08 bits per heavy atom. The Labute approximate surface area is 80.7 Å². The van der Waals surface area contributed by atoms with Gasteiger partial charge in [-0.1, -0.05) is 11.6 Å². The fourth-order valence-electron chi connectivity index (χ4n) is 0.654. The number of hydrogen-bond acceptors (Lipinski definition) is 3. The Bertz CT molecular complexity index is 278. The molecule has 0 aliphatic carbocycles. The van der Waals surface area contributed by atoms with E-state index in [2.05, 4.69) is 4.72 Å². The Morgan fingerprint density at radius 1 is 1.42 bits per heavy atom. The van der Waals surface area contributed by atoms with E-state index in [0.717, 1.165) is 9.92 Å². The Hall–Kier alpha value is -0.690. The quantitative estimate of drug-likeness (QED) is 0.461. The molecule has 0 saturated heterocycles. The second-order valence-corrected chi connectivity index (χ2v) is 3.44. The minimum absolute atomic E-state index is 0.341. The summed E-state index contributed by atoms with van der Waals surface area (Å²) in [5, 5.41) is 8.96. The zero-order valence-electron chi connectivity index (χ0n) is 6.25. The molecule has 1 aromatic rings. The zero-order valence-corrected chi connectivity index (χ0v) is 7.82. The van der Waals surface area contributed by atoms with Gasteiger partial charge in [0.1, 0.15) is 0 Å². The topological polar surface area (TPSA) is 35.8 Å². The molecule has 0 aromatic heterocycles. The van der Waals surface area contributed by atoms with Crippen molar-refractivity contribution in [2.75, 3.05) is 6.54 Å². The summed E-state index contributed by atoms with van der Waals surface area (Å²) in [4.78, 5) is 1.05. The highest BCUT2D eigenvalue weighted by molar-refractivity contribution is 7.97. The molecule has 0 aliphatic heterocycles. The van der Waals surface area contributed by atoms with E-state index in [9.17, 15) is 0 Å². The molecule has 2 nitrogen and oxygen atoms in total. The lowest BCUT2D eigenvalue weighted by molar-refractivity contribution is 1.13. The van der Waals surface area contributed by atoms with E-state index >= 15 is 0 Å². The van der Waals surface area contributed by atoms with Crippen molar-refractivity contribution in [1.29, 1.82) is 5.26 Å². The Balaban J connectivity index is 2.43. The largest absolute Gasteiger partial charge is 0.246 e. The molecule has 0 atom stereocenters. The van der Waals surface area contributed by atoms with Gasteiger partial charge in [0.15, 0.2) is 0 Å². The molecule has 1 rings (SSSR count). The van der Waals surface area contributed by atoms with Gasteiger partial charge in [-0.05, 0) is 36.2 Å². The molecule has 62 valence electrons. The first-order valence-corrected chi connectivity index (χ1v) is 4.54. The van der Waals surface area contributed by atoms with Gasteiger partial charge < -0.3 is 0 Å². The predicted octanol–water partition coefficient (Wildman–Crippen LogP) is 2.46. The lowest BCUT2D eigenvalue weighted by Crippen LogP contribution is -2.01. The van der Waals surface area contributed by atoms with Gasteiger partial charge in [-0.15, -0.1) is 0 Å². The maximum atomic E-state index is 8.24. The minimum Gasteiger partial charge on any atom is -0.246 e. The Morgan fingerprint density at radius 3 is 2.67 bits per heavy atom. The molecule has 12 heavy (non-hydrogen) atoms. The number of nitrogens with zero attached hydrogens (tertiary/aromatic N) is 1. The number of halogens is 1. The van der Waals surface area contributed by atoms with Crippen LogP contribution in [0.4, 0.5) is 0 Å². The molecule has 0 amide bonds. The number of nitrogens with one attached hydrogen (secondary N) is 1. The molecule has 1 aromatic carbocycles. The van der Waals surface area contributed by atoms with Crippen molar-refractivity contribution in [3.63, 3.8) is 0 Å². The lowest BCUT2D eigenvalue weighted by atomic mass is 10.4. The second-order valence-electron chi connectivity index (χ2n) is 2.04. The van der Waals surface area contributed by atoms with Crippen LogP contribution in [-0.2, 0) is 0 Å². The fraction of sp³-hybridized carbons (Fsp3) is 0.125. The van der Waals surface area contributed by atoms with Crippen LogP contribution in [0.3, 0.4) is 0 Å². The average Bonchev–Trinajstić information content (AvgIpc) is 2.09. The zero-order chi connectivity index (χ0) is 8.81. The summed E-state index contributed by atoms with van der Waals surface area (Å²) in [7, 11) is 0. The van der Waals surface area contributed by atoms with E-state index < -0.39 is 0 Å². The number of nitriles is 1. The van der Waals surface area contributed by atoms with Gasteiger partial charge in [-0.3, -0.25) is 0 Å². The first-order chi connectivity index (χ1) is 5.83. The third-order valence-corrected chi connectivity index (χ3v) is 2.20. The lowest BCUT2D eigenvalue weighted by Gasteiger charge is -1.98. The summed E-state index contributed by atoms with van der Waals surface area (Å²) < 4.78 is 2.88. The molecule has 4 heteroatoms. The standard InChI is InChI=1S/C8H7ClN2S/c9-7-1-3-8(4-2-7)12-11-6-5-10/h1-4,11H,6H2. The molecule has 1 N–H and O–H groups in total. The van der Waals surface area contributed by atoms with Gasteiger partial charge in [-0.2, -0.15) is 5.26 Å². The summed E-state index contributed by atoms with van der Waals surface area (Å²) in [5.41, 5.74) is 0. The minimum atomic E-state index is 0.341. The van der Waals surface area contributed by atoms with Gasteiger partial charge in [0.05, 0.1) is 12.6 Å². The van der Waals surface area contributed by atoms with Crippen molar-refractivity contribution in [2.24, 2.45) is 0 Å². The van der Waals surface area contributed by atoms with Crippen LogP contribution in [-0.4, -0.2) is 6.54 Å².